The number of rotatable bonds is 79. The van der Waals surface area contributed by atoms with Crippen LogP contribution < -0.4 is 0 Å². The first kappa shape index (κ1) is 111. The van der Waals surface area contributed by atoms with Crippen LogP contribution in [0, 0.1) is 0 Å². The lowest BCUT2D eigenvalue weighted by Crippen LogP contribution is -2.70. The normalized spacial score (nSPS) is 24.8. The molecule has 3 rings (SSSR count). The van der Waals surface area contributed by atoms with E-state index < -0.39 is 162 Å². The van der Waals surface area contributed by atoms with Crippen molar-refractivity contribution in [1.29, 1.82) is 0 Å². The summed E-state index contributed by atoms with van der Waals surface area (Å²) >= 11 is 0. The van der Waals surface area contributed by atoms with Gasteiger partial charge in [0.15, 0.2) is 24.8 Å². The molecule has 0 bridgehead atoms. The van der Waals surface area contributed by atoms with Crippen LogP contribution in [0.5, 0.6) is 0 Å². The molecule has 2 saturated heterocycles. The van der Waals surface area contributed by atoms with Crippen molar-refractivity contribution in [3.63, 3.8) is 0 Å². The number of esters is 4. The number of allylic oxidation sites excluding steroid dienone is 4. The molecule has 0 aromatic rings. The average molecular weight is 1730 g/mol. The standard InChI is InChI=1S/C94H173O25P/c1-5-9-13-17-21-25-29-33-37-41-43-47-51-55-59-63-67-78(97)111-73-76-82(101)84(103)88(107)94(115-76)118-91-89(116-80(99)69-65-61-57-53-49-45-40-36-32-28-24-20-16-12-8-4)85(104)86(105)90(117-93-87(106)83(102)81(100)75(70-95)114-93)92(91)119-120(108,109)112-72-74(113-79(98)68-64-60-56-52-48-44-39-35-31-27-23-19-15-11-7-3)71-110-77(96)66-62-58-54-50-46-42-38-34-30-26-22-18-14-10-6-2/h26-27,30-31,74-76,81-95,100-107H,5-25,28-29,32-73H2,1-4H3,(H,108,109)/b30-26-,31-27-. The Labute approximate surface area is 724 Å². The lowest BCUT2D eigenvalue weighted by molar-refractivity contribution is -0.360. The number of phosphoric ester groups is 1. The minimum absolute atomic E-state index is 0.0180. The Bertz CT molecular complexity index is 2580. The molecule has 18 unspecified atom stereocenters. The fourth-order valence-electron chi connectivity index (χ4n) is 16.0. The third-order valence-corrected chi connectivity index (χ3v) is 24.7. The Morgan fingerprint density at radius 2 is 0.625 bits per heavy atom. The number of carbonyl (C=O) groups excluding carboxylic acids is 4. The van der Waals surface area contributed by atoms with E-state index in [1.807, 2.05) is 0 Å². The Kier molecular flexibility index (Phi) is 67.5. The van der Waals surface area contributed by atoms with Gasteiger partial charge in [0.1, 0.15) is 92.6 Å². The number of aliphatic hydroxyl groups is 9. The van der Waals surface area contributed by atoms with Crippen molar-refractivity contribution >= 4 is 31.7 Å². The van der Waals surface area contributed by atoms with Crippen molar-refractivity contribution < 1.29 is 122 Å². The third kappa shape index (κ3) is 52.3. The third-order valence-electron chi connectivity index (χ3n) is 23.7. The molecular formula is C94H173O25P. The van der Waals surface area contributed by atoms with Gasteiger partial charge in [0, 0.05) is 25.7 Å². The zero-order valence-corrected chi connectivity index (χ0v) is 76.0. The molecule has 704 valence electrons. The average Bonchev–Trinajstić information content (AvgIpc) is 0.753. The molecule has 0 amide bonds. The maximum absolute atomic E-state index is 14.9. The SMILES string of the molecule is CCCCCC/C=C\CCCCCCCCCC(=O)OCC(COP(=O)(O)OC1C(OC2OC(CO)C(O)C(O)C2O)C(O)C(O)C(OC(=O)CCCCCCCCCCCCCCCCC)C1OC1OC(COC(=O)CCCCCCCCCCCCCCCCCC)C(O)C(O)C1O)OC(=O)CCCCCCCCC/C=C\CCCCCC. The van der Waals surface area contributed by atoms with Crippen LogP contribution in [0.2, 0.25) is 0 Å². The fraction of sp³-hybridized carbons (Fsp3) is 0.915. The van der Waals surface area contributed by atoms with Gasteiger partial charge in [-0.05, 0) is 77.0 Å². The van der Waals surface area contributed by atoms with Gasteiger partial charge < -0.3 is 88.7 Å². The van der Waals surface area contributed by atoms with Gasteiger partial charge in [0.05, 0.1) is 13.2 Å². The molecule has 120 heavy (non-hydrogen) atoms. The summed E-state index contributed by atoms with van der Waals surface area (Å²) in [7, 11) is -5.81. The predicted molar refractivity (Wildman–Crippen MR) is 467 cm³/mol. The first-order chi connectivity index (χ1) is 58.2. The number of hydrogen-bond acceptors (Lipinski definition) is 24. The predicted octanol–water partition coefficient (Wildman–Crippen LogP) is 18.5. The van der Waals surface area contributed by atoms with Crippen LogP contribution >= 0.6 is 7.82 Å². The highest BCUT2D eigenvalue weighted by Gasteiger charge is 2.60. The molecule has 0 aromatic heterocycles. The van der Waals surface area contributed by atoms with E-state index in [2.05, 4.69) is 52.0 Å². The molecule has 3 fully saturated rings. The van der Waals surface area contributed by atoms with E-state index in [4.69, 9.17) is 46.9 Å². The van der Waals surface area contributed by atoms with Crippen LogP contribution in [0.1, 0.15) is 419 Å². The molecule has 0 radical (unpaired) electrons. The van der Waals surface area contributed by atoms with E-state index in [0.29, 0.717) is 38.5 Å². The molecule has 2 aliphatic heterocycles. The monoisotopic (exact) mass is 1730 g/mol. The number of unbranched alkanes of at least 4 members (excludes halogenated alkanes) is 51. The minimum atomic E-state index is -5.81. The molecule has 1 saturated carbocycles. The maximum Gasteiger partial charge on any atom is 0.472 e. The first-order valence-electron chi connectivity index (χ1n) is 48.6. The molecule has 2 heterocycles. The van der Waals surface area contributed by atoms with Gasteiger partial charge in [-0.3, -0.25) is 28.2 Å². The van der Waals surface area contributed by atoms with Gasteiger partial charge in [-0.1, -0.05) is 341 Å². The summed E-state index contributed by atoms with van der Waals surface area (Å²) in [6.07, 6.45) is 34.3. The minimum Gasteiger partial charge on any atom is -0.463 e. The van der Waals surface area contributed by atoms with E-state index in [1.54, 1.807) is 0 Å². The van der Waals surface area contributed by atoms with E-state index in [-0.39, 0.29) is 25.7 Å². The van der Waals surface area contributed by atoms with Gasteiger partial charge in [0.25, 0.3) is 0 Å². The molecule has 25 nitrogen and oxygen atoms in total. The van der Waals surface area contributed by atoms with Crippen LogP contribution in [-0.2, 0) is 70.7 Å². The topological polar surface area (TPSA) is 380 Å². The van der Waals surface area contributed by atoms with Crippen molar-refractivity contribution in [3.8, 4) is 0 Å². The zero-order chi connectivity index (χ0) is 87.5. The van der Waals surface area contributed by atoms with Gasteiger partial charge in [-0.25, -0.2) is 4.57 Å². The summed E-state index contributed by atoms with van der Waals surface area (Å²) in [6.45, 7) is 5.60. The fourth-order valence-corrected chi connectivity index (χ4v) is 16.9. The second-order valence-electron chi connectivity index (χ2n) is 34.6. The maximum atomic E-state index is 14.9. The van der Waals surface area contributed by atoms with Crippen molar-refractivity contribution in [1.82, 2.24) is 0 Å². The molecule has 26 heteroatoms. The van der Waals surface area contributed by atoms with Crippen molar-refractivity contribution in [2.75, 3.05) is 26.4 Å². The zero-order valence-electron chi connectivity index (χ0n) is 75.1. The number of carbonyl (C=O) groups is 4. The lowest BCUT2D eigenvalue weighted by atomic mass is 9.84. The summed E-state index contributed by atoms with van der Waals surface area (Å²) in [5, 5.41) is 102. The highest BCUT2D eigenvalue weighted by molar-refractivity contribution is 7.47. The Morgan fingerprint density at radius 3 is 1.00 bits per heavy atom. The van der Waals surface area contributed by atoms with Crippen LogP contribution in [0.3, 0.4) is 0 Å². The second-order valence-corrected chi connectivity index (χ2v) is 36.0. The lowest BCUT2D eigenvalue weighted by Gasteiger charge is -2.50. The summed E-state index contributed by atoms with van der Waals surface area (Å²) in [5.41, 5.74) is 0. The largest absolute Gasteiger partial charge is 0.472 e. The quantitative estimate of drug-likeness (QED) is 0.00889. The summed E-state index contributed by atoms with van der Waals surface area (Å²) < 4.78 is 73.5. The van der Waals surface area contributed by atoms with Gasteiger partial charge in [-0.15, -0.1) is 0 Å². The Morgan fingerprint density at radius 1 is 0.325 bits per heavy atom. The number of ether oxygens (including phenoxy) is 8. The van der Waals surface area contributed by atoms with Crippen molar-refractivity contribution in [3.05, 3.63) is 24.3 Å². The number of phosphoric acid groups is 1. The van der Waals surface area contributed by atoms with E-state index in [0.717, 1.165) is 161 Å². The Hall–Kier alpha value is -3.05. The number of hydrogen-bond donors (Lipinski definition) is 10. The highest BCUT2D eigenvalue weighted by atomic mass is 31.2. The molecule has 1 aliphatic carbocycles. The molecule has 10 N–H and O–H groups in total. The van der Waals surface area contributed by atoms with Gasteiger partial charge in [-0.2, -0.15) is 0 Å². The van der Waals surface area contributed by atoms with Crippen LogP contribution in [0.25, 0.3) is 0 Å². The van der Waals surface area contributed by atoms with Gasteiger partial charge >= 0.3 is 31.7 Å². The van der Waals surface area contributed by atoms with Gasteiger partial charge in [0.2, 0.25) is 0 Å². The van der Waals surface area contributed by atoms with E-state index >= 15 is 0 Å². The number of aliphatic hydroxyl groups excluding tert-OH is 9. The first-order valence-corrected chi connectivity index (χ1v) is 50.1. The van der Waals surface area contributed by atoms with E-state index in [9.17, 15) is 74.6 Å². The molecule has 18 atom stereocenters. The highest BCUT2D eigenvalue weighted by Crippen LogP contribution is 2.49. The second kappa shape index (κ2) is 72.9. The Balaban J connectivity index is 1.90. The summed E-state index contributed by atoms with van der Waals surface area (Å²) in [4.78, 5) is 66.6. The summed E-state index contributed by atoms with van der Waals surface area (Å²) in [5.74, 6) is -2.96. The van der Waals surface area contributed by atoms with Crippen LogP contribution in [-0.4, -0.2) is 205 Å². The molecular weight excluding hydrogens is 1560 g/mol. The van der Waals surface area contributed by atoms with Crippen LogP contribution in [0.15, 0.2) is 24.3 Å². The molecule has 0 spiro atoms. The van der Waals surface area contributed by atoms with Crippen molar-refractivity contribution in [2.24, 2.45) is 0 Å². The van der Waals surface area contributed by atoms with Crippen LogP contribution in [0.4, 0.5) is 0 Å². The summed E-state index contributed by atoms with van der Waals surface area (Å²) in [6, 6.07) is 0. The van der Waals surface area contributed by atoms with E-state index in [1.165, 1.54) is 167 Å². The smallest absolute Gasteiger partial charge is 0.463 e. The molecule has 0 aromatic carbocycles. The van der Waals surface area contributed by atoms with Crippen molar-refractivity contribution in [2.45, 2.75) is 524 Å². The molecule has 3 aliphatic rings.